The van der Waals surface area contributed by atoms with E-state index in [0.29, 0.717) is 19.6 Å². The summed E-state index contributed by atoms with van der Waals surface area (Å²) in [6.07, 6.45) is 1.93. The van der Waals surface area contributed by atoms with Gasteiger partial charge in [0.25, 0.3) is 0 Å². The number of nitrogens with zero attached hydrogens (tertiary/aromatic N) is 1. The lowest BCUT2D eigenvalue weighted by atomic mass is 10.2. The summed E-state index contributed by atoms with van der Waals surface area (Å²) < 4.78 is 5.07. The first-order valence-electron chi connectivity index (χ1n) is 6.83. The van der Waals surface area contributed by atoms with Crippen molar-refractivity contribution in [1.29, 1.82) is 0 Å². The zero-order valence-corrected chi connectivity index (χ0v) is 12.6. The predicted molar refractivity (Wildman–Crippen MR) is 81.9 cm³/mol. The summed E-state index contributed by atoms with van der Waals surface area (Å²) in [6.45, 7) is 6.40. The number of hydrogen-bond donors (Lipinski definition) is 1. The second-order valence-electron chi connectivity index (χ2n) is 4.63. The van der Waals surface area contributed by atoms with Gasteiger partial charge >= 0.3 is 0 Å². The Morgan fingerprint density at radius 1 is 1.33 bits per heavy atom. The van der Waals surface area contributed by atoms with Gasteiger partial charge in [0.15, 0.2) is 0 Å². The van der Waals surface area contributed by atoms with Crippen molar-refractivity contribution in [3.8, 4) is 5.75 Å². The number of carbonyl (C=O) groups excluding carboxylic acids is 2. The number of benzene rings is 1. The molecule has 21 heavy (non-hydrogen) atoms. The Bertz CT molecular complexity index is 483. The Kier molecular flexibility index (Phi) is 7.01. The average Bonchev–Trinajstić information content (AvgIpc) is 2.49. The molecular formula is C16H22N2O3. The van der Waals surface area contributed by atoms with Crippen molar-refractivity contribution in [2.75, 3.05) is 20.2 Å². The molecule has 2 amide bonds. The first kappa shape index (κ1) is 16.8. The minimum absolute atomic E-state index is 0.0575. The number of ether oxygens (including phenoxy) is 1. The topological polar surface area (TPSA) is 58.6 Å². The van der Waals surface area contributed by atoms with Crippen molar-refractivity contribution in [2.24, 2.45) is 0 Å². The number of rotatable bonds is 8. The van der Waals surface area contributed by atoms with Crippen molar-refractivity contribution >= 4 is 11.8 Å². The minimum Gasteiger partial charge on any atom is -0.497 e. The molecule has 1 aromatic carbocycles. The summed E-state index contributed by atoms with van der Waals surface area (Å²) in [5, 5.41) is 2.83. The van der Waals surface area contributed by atoms with E-state index >= 15 is 0 Å². The van der Waals surface area contributed by atoms with E-state index in [1.54, 1.807) is 18.1 Å². The molecule has 0 fully saturated rings. The largest absolute Gasteiger partial charge is 0.497 e. The maximum atomic E-state index is 11.8. The highest BCUT2D eigenvalue weighted by Crippen LogP contribution is 2.10. The smallest absolute Gasteiger partial charge is 0.222 e. The highest BCUT2D eigenvalue weighted by atomic mass is 16.5. The lowest BCUT2D eigenvalue weighted by Gasteiger charge is -2.18. The van der Waals surface area contributed by atoms with Crippen molar-refractivity contribution in [2.45, 2.75) is 19.9 Å². The third-order valence-corrected chi connectivity index (χ3v) is 3.05. The van der Waals surface area contributed by atoms with E-state index in [4.69, 9.17) is 4.74 Å². The molecule has 0 saturated heterocycles. The van der Waals surface area contributed by atoms with Crippen LogP contribution >= 0.6 is 0 Å². The molecule has 0 bridgehead atoms. The van der Waals surface area contributed by atoms with Gasteiger partial charge in [0.05, 0.1) is 7.11 Å². The molecule has 1 rings (SSSR count). The fourth-order valence-electron chi connectivity index (χ4n) is 1.80. The molecule has 1 N–H and O–H groups in total. The maximum absolute atomic E-state index is 11.8. The summed E-state index contributed by atoms with van der Waals surface area (Å²) in [7, 11) is 1.61. The highest BCUT2D eigenvalue weighted by Gasteiger charge is 2.09. The predicted octanol–water partition coefficient (Wildman–Crippen LogP) is 1.74. The molecule has 0 saturated carbocycles. The summed E-state index contributed by atoms with van der Waals surface area (Å²) in [5.74, 6) is 0.644. The van der Waals surface area contributed by atoms with Crippen molar-refractivity contribution in [3.05, 3.63) is 42.5 Å². The van der Waals surface area contributed by atoms with Crippen LogP contribution in [0.15, 0.2) is 36.9 Å². The van der Waals surface area contributed by atoms with Gasteiger partial charge in [0, 0.05) is 33.0 Å². The van der Waals surface area contributed by atoms with Gasteiger partial charge in [-0.15, -0.1) is 6.58 Å². The maximum Gasteiger partial charge on any atom is 0.222 e. The average molecular weight is 290 g/mol. The molecule has 0 aliphatic rings. The van der Waals surface area contributed by atoms with Gasteiger partial charge in [-0.3, -0.25) is 9.59 Å². The van der Waals surface area contributed by atoms with Crippen molar-refractivity contribution in [3.63, 3.8) is 0 Å². The van der Waals surface area contributed by atoms with Crippen LogP contribution in [-0.2, 0) is 16.1 Å². The Morgan fingerprint density at radius 2 is 2.00 bits per heavy atom. The van der Waals surface area contributed by atoms with Crippen LogP contribution in [0.4, 0.5) is 0 Å². The third-order valence-electron chi connectivity index (χ3n) is 3.05. The lowest BCUT2D eigenvalue weighted by molar-refractivity contribution is -0.129. The van der Waals surface area contributed by atoms with E-state index in [1.165, 1.54) is 6.92 Å². The lowest BCUT2D eigenvalue weighted by Crippen LogP contribution is -2.33. The quantitative estimate of drug-likeness (QED) is 0.742. The zero-order valence-electron chi connectivity index (χ0n) is 12.6. The van der Waals surface area contributed by atoms with Crippen LogP contribution in [0.2, 0.25) is 0 Å². The minimum atomic E-state index is -0.0823. The first-order valence-corrected chi connectivity index (χ1v) is 6.83. The van der Waals surface area contributed by atoms with Crippen LogP contribution in [0, 0.1) is 0 Å². The Morgan fingerprint density at radius 3 is 2.52 bits per heavy atom. The summed E-state index contributed by atoms with van der Waals surface area (Å²) in [4.78, 5) is 24.7. The molecule has 0 aromatic heterocycles. The Balaban J connectivity index is 2.35. The molecule has 0 radical (unpaired) electrons. The van der Waals surface area contributed by atoms with Gasteiger partial charge in [-0.1, -0.05) is 18.2 Å². The number of nitrogens with one attached hydrogen (secondary N) is 1. The van der Waals surface area contributed by atoms with E-state index in [2.05, 4.69) is 11.9 Å². The van der Waals surface area contributed by atoms with Crippen LogP contribution in [0.1, 0.15) is 18.9 Å². The third kappa shape index (κ3) is 6.12. The molecule has 0 spiro atoms. The standard InChI is InChI=1S/C16H22N2O3/c1-4-10-18(13(2)19)11-9-16(20)17-12-14-5-7-15(21-3)8-6-14/h4-8H,1,9-12H2,2-3H3,(H,17,20). The molecule has 0 aliphatic carbocycles. The van der Waals surface area contributed by atoms with Crippen LogP contribution < -0.4 is 10.1 Å². The van der Waals surface area contributed by atoms with E-state index in [-0.39, 0.29) is 18.2 Å². The fourth-order valence-corrected chi connectivity index (χ4v) is 1.80. The summed E-state index contributed by atoms with van der Waals surface area (Å²) in [5.41, 5.74) is 0.999. The first-order chi connectivity index (χ1) is 10.1. The summed E-state index contributed by atoms with van der Waals surface area (Å²) >= 11 is 0. The molecule has 1 aromatic rings. The van der Waals surface area contributed by atoms with Crippen LogP contribution in [-0.4, -0.2) is 36.9 Å². The van der Waals surface area contributed by atoms with Crippen molar-refractivity contribution in [1.82, 2.24) is 10.2 Å². The number of carbonyl (C=O) groups is 2. The van der Waals surface area contributed by atoms with Gasteiger partial charge in [-0.25, -0.2) is 0 Å². The number of hydrogen-bond acceptors (Lipinski definition) is 3. The van der Waals surface area contributed by atoms with Crippen LogP contribution in [0.25, 0.3) is 0 Å². The van der Waals surface area contributed by atoms with Crippen LogP contribution in [0.5, 0.6) is 5.75 Å². The molecule has 5 heteroatoms. The molecule has 5 nitrogen and oxygen atoms in total. The van der Waals surface area contributed by atoms with E-state index in [1.807, 2.05) is 24.3 Å². The molecule has 0 atom stereocenters. The molecule has 0 unspecified atom stereocenters. The van der Waals surface area contributed by atoms with Gasteiger partial charge in [-0.05, 0) is 17.7 Å². The van der Waals surface area contributed by atoms with Gasteiger partial charge in [0.2, 0.25) is 11.8 Å². The SMILES string of the molecule is C=CCN(CCC(=O)NCc1ccc(OC)cc1)C(C)=O. The van der Waals surface area contributed by atoms with Crippen LogP contribution in [0.3, 0.4) is 0 Å². The molecule has 0 heterocycles. The van der Waals surface area contributed by atoms with Crippen molar-refractivity contribution < 1.29 is 14.3 Å². The molecule has 0 aliphatic heterocycles. The molecule has 114 valence electrons. The summed E-state index contributed by atoms with van der Waals surface area (Å²) in [6, 6.07) is 7.50. The van der Waals surface area contributed by atoms with Gasteiger partial charge in [-0.2, -0.15) is 0 Å². The Labute approximate surface area is 125 Å². The number of methoxy groups -OCH3 is 1. The fraction of sp³-hybridized carbons (Fsp3) is 0.375. The van der Waals surface area contributed by atoms with Gasteiger partial charge in [0.1, 0.15) is 5.75 Å². The highest BCUT2D eigenvalue weighted by molar-refractivity contribution is 5.78. The van der Waals surface area contributed by atoms with E-state index in [0.717, 1.165) is 11.3 Å². The number of amides is 2. The second-order valence-corrected chi connectivity index (χ2v) is 4.63. The Hall–Kier alpha value is -2.30. The van der Waals surface area contributed by atoms with E-state index < -0.39 is 0 Å². The van der Waals surface area contributed by atoms with Gasteiger partial charge < -0.3 is 15.0 Å². The monoisotopic (exact) mass is 290 g/mol. The normalized spacial score (nSPS) is 9.81. The molecular weight excluding hydrogens is 268 g/mol. The van der Waals surface area contributed by atoms with E-state index in [9.17, 15) is 9.59 Å². The zero-order chi connectivity index (χ0) is 15.7. The second kappa shape index (κ2) is 8.79.